The Morgan fingerprint density at radius 3 is 2.49 bits per heavy atom. The first-order chi connectivity index (χ1) is 18.5. The second-order valence-electron chi connectivity index (χ2n) is 12.2. The lowest BCUT2D eigenvalue weighted by Crippen LogP contribution is -2.43. The van der Waals surface area contributed by atoms with Gasteiger partial charge in [-0.3, -0.25) is 9.69 Å². The largest absolute Gasteiger partial charge is 0.490 e. The predicted octanol–water partition coefficient (Wildman–Crippen LogP) is 7.22. The molecule has 0 aromatic heterocycles. The third-order valence-corrected chi connectivity index (χ3v) is 9.89. The van der Waals surface area contributed by atoms with Gasteiger partial charge in [-0.25, -0.2) is 4.39 Å². The van der Waals surface area contributed by atoms with E-state index in [2.05, 4.69) is 23.1 Å². The van der Waals surface area contributed by atoms with Crippen LogP contribution >= 0.6 is 0 Å². The molecule has 8 heteroatoms. The SMILES string of the molecule is CC(C(=O)O)C(c1ccc2c(c1)OC(C1CC3C[C@@H]1CN3C(C)c1cc(F)ccc1C(F)(F)F)CC2)C1CC1. The molecule has 3 fully saturated rings. The number of carbonyl (C=O) groups is 1. The number of carboxylic acids is 1. The van der Waals surface area contributed by atoms with Crippen LogP contribution in [0.3, 0.4) is 0 Å². The summed E-state index contributed by atoms with van der Waals surface area (Å²) in [6, 6.07) is 8.61. The summed E-state index contributed by atoms with van der Waals surface area (Å²) in [6.45, 7) is 4.22. The molecule has 6 rings (SSSR count). The van der Waals surface area contributed by atoms with Gasteiger partial charge in [0.05, 0.1) is 11.5 Å². The molecule has 2 aromatic rings. The fourth-order valence-corrected chi connectivity index (χ4v) is 7.77. The van der Waals surface area contributed by atoms with Gasteiger partial charge in [-0.15, -0.1) is 0 Å². The van der Waals surface area contributed by atoms with Crippen molar-refractivity contribution in [2.45, 2.75) is 82.7 Å². The lowest BCUT2D eigenvalue weighted by molar-refractivity contribution is -0.142. The maximum atomic E-state index is 14.0. The minimum Gasteiger partial charge on any atom is -0.490 e. The number of rotatable bonds is 7. The van der Waals surface area contributed by atoms with E-state index in [4.69, 9.17) is 4.74 Å². The van der Waals surface area contributed by atoms with Crippen molar-refractivity contribution < 1.29 is 32.2 Å². The zero-order chi connectivity index (χ0) is 27.6. The van der Waals surface area contributed by atoms with Crippen molar-refractivity contribution in [1.29, 1.82) is 0 Å². The fourth-order valence-electron chi connectivity index (χ4n) is 7.77. The number of hydrogen-bond acceptors (Lipinski definition) is 3. The minimum atomic E-state index is -4.53. The highest BCUT2D eigenvalue weighted by Crippen LogP contribution is 2.51. The molecule has 4 aliphatic rings. The number of piperidine rings is 1. The van der Waals surface area contributed by atoms with Gasteiger partial charge in [0.1, 0.15) is 17.7 Å². The van der Waals surface area contributed by atoms with Gasteiger partial charge in [-0.05, 0) is 104 Å². The van der Waals surface area contributed by atoms with Crippen molar-refractivity contribution in [1.82, 2.24) is 4.90 Å². The number of aliphatic carboxylic acids is 1. The summed E-state index contributed by atoms with van der Waals surface area (Å²) in [7, 11) is 0. The van der Waals surface area contributed by atoms with Crippen molar-refractivity contribution in [2.24, 2.45) is 23.7 Å². The molecular formula is C31H35F4NO3. The highest BCUT2D eigenvalue weighted by Gasteiger charge is 2.50. The second-order valence-corrected chi connectivity index (χ2v) is 12.2. The maximum absolute atomic E-state index is 14.0. The van der Waals surface area contributed by atoms with Gasteiger partial charge in [0.2, 0.25) is 0 Å². The summed E-state index contributed by atoms with van der Waals surface area (Å²) < 4.78 is 61.6. The van der Waals surface area contributed by atoms with Gasteiger partial charge in [-0.1, -0.05) is 19.1 Å². The van der Waals surface area contributed by atoms with Crippen LogP contribution in [0.1, 0.15) is 80.2 Å². The first kappa shape index (κ1) is 26.6. The van der Waals surface area contributed by atoms with E-state index in [-0.39, 0.29) is 23.6 Å². The summed E-state index contributed by atoms with van der Waals surface area (Å²) in [4.78, 5) is 13.9. The van der Waals surface area contributed by atoms with Gasteiger partial charge in [0.25, 0.3) is 0 Å². The zero-order valence-corrected chi connectivity index (χ0v) is 22.3. The van der Waals surface area contributed by atoms with Crippen LogP contribution in [-0.2, 0) is 17.4 Å². The van der Waals surface area contributed by atoms with Crippen LogP contribution < -0.4 is 4.74 Å². The van der Waals surface area contributed by atoms with E-state index in [0.29, 0.717) is 24.3 Å². The van der Waals surface area contributed by atoms with Crippen molar-refractivity contribution in [3.8, 4) is 5.75 Å². The number of nitrogens with zero attached hydrogens (tertiary/aromatic N) is 1. The van der Waals surface area contributed by atoms with Crippen LogP contribution in [0, 0.1) is 29.5 Å². The number of ether oxygens (including phenoxy) is 1. The first-order valence-electron chi connectivity index (χ1n) is 14.2. The maximum Gasteiger partial charge on any atom is 0.416 e. The normalized spacial score (nSPS) is 29.0. The molecule has 2 heterocycles. The minimum absolute atomic E-state index is 0.00257. The van der Waals surface area contributed by atoms with Gasteiger partial charge < -0.3 is 9.84 Å². The van der Waals surface area contributed by atoms with Crippen LogP contribution in [0.2, 0.25) is 0 Å². The highest BCUT2D eigenvalue weighted by atomic mass is 19.4. The number of fused-ring (bicyclic) bond motifs is 3. The summed E-state index contributed by atoms with van der Waals surface area (Å²) >= 11 is 0. The molecule has 7 atom stereocenters. The van der Waals surface area contributed by atoms with Crippen molar-refractivity contribution in [3.05, 3.63) is 64.5 Å². The topological polar surface area (TPSA) is 49.8 Å². The van der Waals surface area contributed by atoms with E-state index in [1.165, 1.54) is 0 Å². The van der Waals surface area contributed by atoms with Crippen LogP contribution in [0.25, 0.3) is 0 Å². The van der Waals surface area contributed by atoms with Crippen molar-refractivity contribution in [3.63, 3.8) is 0 Å². The van der Waals surface area contributed by atoms with Crippen molar-refractivity contribution >= 4 is 5.97 Å². The quantitative estimate of drug-likeness (QED) is 0.373. The lowest BCUT2D eigenvalue weighted by Gasteiger charge is -2.40. The standard InChI is InChI=1S/C31H35F4NO3/c1-16(30(37)38)29(19-4-5-19)20-6-3-18-7-10-27(39-28(18)12-20)25-14-23-11-21(25)15-36(23)17(2)24-13-22(32)8-9-26(24)31(33,34)35/h3,6,8-9,12-13,16-17,19,21,23,25,27,29H,4-5,7,10-11,14-15H2,1-2H3,(H,37,38)/t16?,17?,21-,23?,25?,27?,29?/m1/s1. The van der Waals surface area contributed by atoms with E-state index in [1.54, 1.807) is 13.8 Å². The van der Waals surface area contributed by atoms with Gasteiger partial charge >= 0.3 is 12.1 Å². The summed E-state index contributed by atoms with van der Waals surface area (Å²) in [5, 5.41) is 9.67. The van der Waals surface area contributed by atoms with Gasteiger partial charge in [-0.2, -0.15) is 13.2 Å². The Kier molecular flexibility index (Phi) is 6.68. The Morgan fingerprint density at radius 2 is 1.85 bits per heavy atom. The Hall–Kier alpha value is -2.61. The number of benzene rings is 2. The number of alkyl halides is 3. The monoisotopic (exact) mass is 545 g/mol. The molecule has 2 aromatic carbocycles. The molecule has 6 unspecified atom stereocenters. The number of halogens is 4. The van der Waals surface area contributed by atoms with E-state index < -0.39 is 35.5 Å². The van der Waals surface area contributed by atoms with Crippen LogP contribution in [0.5, 0.6) is 5.75 Å². The van der Waals surface area contributed by atoms with Crippen LogP contribution in [0.15, 0.2) is 36.4 Å². The summed E-state index contributed by atoms with van der Waals surface area (Å²) in [5.41, 5.74) is 1.43. The Bertz CT molecular complexity index is 1260. The molecular weight excluding hydrogens is 510 g/mol. The summed E-state index contributed by atoms with van der Waals surface area (Å²) in [5.74, 6) is 0.0104. The Labute approximate surface area is 226 Å². The van der Waals surface area contributed by atoms with E-state index in [9.17, 15) is 27.5 Å². The molecule has 2 saturated carbocycles. The molecule has 1 N–H and O–H groups in total. The van der Waals surface area contributed by atoms with E-state index in [0.717, 1.165) is 73.6 Å². The number of aryl methyl sites for hydroxylation is 1. The number of likely N-dealkylation sites (tertiary alicyclic amines) is 1. The van der Waals surface area contributed by atoms with Gasteiger partial charge in [0, 0.05) is 24.5 Å². The third kappa shape index (κ3) is 4.94. The smallest absolute Gasteiger partial charge is 0.416 e. The molecule has 0 amide bonds. The predicted molar refractivity (Wildman–Crippen MR) is 138 cm³/mol. The number of carboxylic acid groups (broad SMARTS) is 1. The average Bonchev–Trinajstić information content (AvgIpc) is 3.51. The molecule has 4 nitrogen and oxygen atoms in total. The van der Waals surface area contributed by atoms with Crippen LogP contribution in [0.4, 0.5) is 17.6 Å². The van der Waals surface area contributed by atoms with E-state index >= 15 is 0 Å². The first-order valence-corrected chi connectivity index (χ1v) is 14.2. The molecule has 210 valence electrons. The van der Waals surface area contributed by atoms with E-state index in [1.807, 2.05) is 0 Å². The number of hydrogen-bond donors (Lipinski definition) is 1. The molecule has 1 saturated heterocycles. The average molecular weight is 546 g/mol. The Morgan fingerprint density at radius 1 is 1.08 bits per heavy atom. The fraction of sp³-hybridized carbons (Fsp3) is 0.581. The van der Waals surface area contributed by atoms with Crippen molar-refractivity contribution in [2.75, 3.05) is 6.54 Å². The molecule has 2 aliphatic heterocycles. The molecule has 2 bridgehead atoms. The molecule has 2 aliphatic carbocycles. The molecule has 39 heavy (non-hydrogen) atoms. The lowest BCUT2D eigenvalue weighted by atomic mass is 9.81. The third-order valence-electron chi connectivity index (χ3n) is 9.89. The molecule has 0 spiro atoms. The van der Waals surface area contributed by atoms with Crippen LogP contribution in [-0.4, -0.2) is 34.7 Å². The second kappa shape index (κ2) is 9.79. The highest BCUT2D eigenvalue weighted by molar-refractivity contribution is 5.71. The Balaban J connectivity index is 1.16. The zero-order valence-electron chi connectivity index (χ0n) is 22.3. The molecule has 0 radical (unpaired) electrons. The summed E-state index contributed by atoms with van der Waals surface area (Å²) in [6.07, 6.45) is 1.19. The van der Waals surface area contributed by atoms with Gasteiger partial charge in [0.15, 0.2) is 0 Å².